The van der Waals surface area contributed by atoms with E-state index in [0.717, 1.165) is 0 Å². The van der Waals surface area contributed by atoms with Gasteiger partial charge in [-0.1, -0.05) is 18.2 Å². The third-order valence-corrected chi connectivity index (χ3v) is 3.91. The second kappa shape index (κ2) is 9.23. The number of ether oxygens (including phenoxy) is 1. The molecule has 8 nitrogen and oxygen atoms in total. The Balaban J connectivity index is 1.67. The zero-order valence-corrected chi connectivity index (χ0v) is 15.6. The molecule has 0 unspecified atom stereocenters. The first-order valence-corrected chi connectivity index (χ1v) is 8.71. The third-order valence-electron chi connectivity index (χ3n) is 3.91. The molecule has 29 heavy (non-hydrogen) atoms. The number of nitrogens with one attached hydrogen (secondary N) is 2. The van der Waals surface area contributed by atoms with Crippen molar-refractivity contribution in [2.24, 2.45) is 0 Å². The number of aromatic nitrogens is 2. The molecule has 0 aliphatic carbocycles. The van der Waals surface area contributed by atoms with Crippen LogP contribution in [0, 0.1) is 0 Å². The molecule has 1 aromatic carbocycles. The number of carbonyl (C=O) groups is 3. The highest BCUT2D eigenvalue weighted by Crippen LogP contribution is 2.13. The minimum absolute atomic E-state index is 0.0685. The van der Waals surface area contributed by atoms with Gasteiger partial charge >= 0.3 is 5.97 Å². The summed E-state index contributed by atoms with van der Waals surface area (Å²) in [6, 6.07) is 16.3. The van der Waals surface area contributed by atoms with Crippen LogP contribution in [0.15, 0.2) is 66.9 Å². The van der Waals surface area contributed by atoms with Crippen LogP contribution in [0.25, 0.3) is 0 Å². The molecule has 0 radical (unpaired) electrons. The Morgan fingerprint density at radius 2 is 1.69 bits per heavy atom. The lowest BCUT2D eigenvalue weighted by Crippen LogP contribution is -2.25. The predicted molar refractivity (Wildman–Crippen MR) is 105 cm³/mol. The maximum absolute atomic E-state index is 12.5. The van der Waals surface area contributed by atoms with Gasteiger partial charge in [-0.05, 0) is 42.5 Å². The molecule has 8 heteroatoms. The first-order valence-electron chi connectivity index (χ1n) is 8.71. The van der Waals surface area contributed by atoms with Crippen LogP contribution >= 0.6 is 0 Å². The molecule has 3 aromatic rings. The molecule has 2 heterocycles. The van der Waals surface area contributed by atoms with E-state index in [1.165, 1.54) is 25.3 Å². The van der Waals surface area contributed by atoms with Crippen LogP contribution in [0.5, 0.6) is 0 Å². The Hall–Kier alpha value is -4.07. The van der Waals surface area contributed by atoms with Crippen molar-refractivity contribution >= 4 is 23.5 Å². The van der Waals surface area contributed by atoms with E-state index in [0.29, 0.717) is 16.9 Å². The van der Waals surface area contributed by atoms with Gasteiger partial charge in [0.2, 0.25) is 0 Å². The number of rotatable bonds is 6. The van der Waals surface area contributed by atoms with Gasteiger partial charge in [-0.3, -0.25) is 14.6 Å². The largest absolute Gasteiger partial charge is 0.465 e. The SMILES string of the molecule is COC(=O)c1cccc(NC(=O)c2cccc(C(=O)NCc3ccccn3)n2)c1. The van der Waals surface area contributed by atoms with Gasteiger partial charge in [0.1, 0.15) is 11.4 Å². The number of hydrogen-bond acceptors (Lipinski definition) is 6. The quantitative estimate of drug-likeness (QED) is 0.626. The van der Waals surface area contributed by atoms with Crippen molar-refractivity contribution in [2.45, 2.75) is 6.54 Å². The molecule has 0 atom stereocenters. The van der Waals surface area contributed by atoms with Crippen molar-refractivity contribution in [3.8, 4) is 0 Å². The van der Waals surface area contributed by atoms with E-state index in [2.05, 4.69) is 25.3 Å². The summed E-state index contributed by atoms with van der Waals surface area (Å²) >= 11 is 0. The van der Waals surface area contributed by atoms with Gasteiger partial charge < -0.3 is 15.4 Å². The van der Waals surface area contributed by atoms with Crippen molar-refractivity contribution in [1.82, 2.24) is 15.3 Å². The Bertz CT molecular complexity index is 1040. The molecular weight excluding hydrogens is 372 g/mol. The lowest BCUT2D eigenvalue weighted by Gasteiger charge is -2.08. The smallest absolute Gasteiger partial charge is 0.337 e. The van der Waals surface area contributed by atoms with Crippen molar-refractivity contribution in [1.29, 1.82) is 0 Å². The minimum atomic E-state index is -0.509. The fourth-order valence-corrected chi connectivity index (χ4v) is 2.49. The van der Waals surface area contributed by atoms with Gasteiger partial charge in [-0.15, -0.1) is 0 Å². The van der Waals surface area contributed by atoms with Crippen molar-refractivity contribution in [2.75, 3.05) is 12.4 Å². The number of amides is 2. The molecule has 0 aliphatic heterocycles. The number of pyridine rings is 2. The van der Waals surface area contributed by atoms with Crippen molar-refractivity contribution in [3.05, 3.63) is 89.5 Å². The van der Waals surface area contributed by atoms with E-state index in [1.54, 1.807) is 42.6 Å². The fraction of sp³-hybridized carbons (Fsp3) is 0.0952. The zero-order chi connectivity index (χ0) is 20.6. The Morgan fingerprint density at radius 3 is 2.41 bits per heavy atom. The summed E-state index contributed by atoms with van der Waals surface area (Å²) < 4.78 is 4.66. The first kappa shape index (κ1) is 19.7. The molecule has 2 aromatic heterocycles. The summed E-state index contributed by atoms with van der Waals surface area (Å²) in [6.07, 6.45) is 1.64. The molecular formula is C21H18N4O4. The lowest BCUT2D eigenvalue weighted by molar-refractivity contribution is 0.0600. The lowest BCUT2D eigenvalue weighted by atomic mass is 10.2. The Kier molecular flexibility index (Phi) is 6.26. The Morgan fingerprint density at radius 1 is 0.931 bits per heavy atom. The van der Waals surface area contributed by atoms with E-state index in [4.69, 9.17) is 0 Å². The topological polar surface area (TPSA) is 110 Å². The number of hydrogen-bond donors (Lipinski definition) is 2. The first-order chi connectivity index (χ1) is 14.1. The molecule has 0 saturated heterocycles. The van der Waals surface area contributed by atoms with E-state index in [9.17, 15) is 14.4 Å². The van der Waals surface area contributed by atoms with Gasteiger partial charge in [0.05, 0.1) is 24.9 Å². The number of benzene rings is 1. The molecule has 2 amide bonds. The average molecular weight is 390 g/mol. The third kappa shape index (κ3) is 5.23. The standard InChI is InChI=1S/C21H18N4O4/c1-29-21(28)14-6-4-8-15(12-14)24-20(27)18-10-5-9-17(25-18)19(26)23-13-16-7-2-3-11-22-16/h2-12H,13H2,1H3,(H,23,26)(H,24,27). The molecule has 2 N–H and O–H groups in total. The summed E-state index contributed by atoms with van der Waals surface area (Å²) in [5, 5.41) is 5.36. The van der Waals surface area contributed by atoms with Gasteiger partial charge in [0.25, 0.3) is 11.8 Å². The van der Waals surface area contributed by atoms with Crippen LogP contribution in [0.3, 0.4) is 0 Å². The average Bonchev–Trinajstić information content (AvgIpc) is 2.77. The monoisotopic (exact) mass is 390 g/mol. The van der Waals surface area contributed by atoms with Gasteiger partial charge in [-0.25, -0.2) is 9.78 Å². The van der Waals surface area contributed by atoms with Gasteiger partial charge in [0.15, 0.2) is 0 Å². The Labute approximate surface area is 167 Å². The second-order valence-electron chi connectivity index (χ2n) is 5.94. The predicted octanol–water partition coefficient (Wildman–Crippen LogP) is 2.45. The summed E-state index contributed by atoms with van der Waals surface area (Å²) in [4.78, 5) is 44.7. The highest BCUT2D eigenvalue weighted by atomic mass is 16.5. The molecule has 0 saturated carbocycles. The fourth-order valence-electron chi connectivity index (χ4n) is 2.49. The van der Waals surface area contributed by atoms with Crippen LogP contribution in [-0.2, 0) is 11.3 Å². The van der Waals surface area contributed by atoms with E-state index >= 15 is 0 Å². The van der Waals surface area contributed by atoms with Crippen LogP contribution in [-0.4, -0.2) is 34.9 Å². The maximum Gasteiger partial charge on any atom is 0.337 e. The maximum atomic E-state index is 12.5. The highest BCUT2D eigenvalue weighted by molar-refractivity contribution is 6.04. The summed E-state index contributed by atoms with van der Waals surface area (Å²) in [5.41, 5.74) is 1.60. The minimum Gasteiger partial charge on any atom is -0.465 e. The van der Waals surface area contributed by atoms with Crippen LogP contribution < -0.4 is 10.6 Å². The van der Waals surface area contributed by atoms with Crippen molar-refractivity contribution in [3.63, 3.8) is 0 Å². The molecule has 146 valence electrons. The molecule has 0 spiro atoms. The molecule has 0 bridgehead atoms. The number of esters is 1. The molecule has 0 fully saturated rings. The number of nitrogens with zero attached hydrogens (tertiary/aromatic N) is 2. The number of carbonyl (C=O) groups excluding carboxylic acids is 3. The van der Waals surface area contributed by atoms with Crippen LogP contribution in [0.4, 0.5) is 5.69 Å². The van der Waals surface area contributed by atoms with E-state index in [-0.39, 0.29) is 17.9 Å². The van der Waals surface area contributed by atoms with Crippen LogP contribution in [0.1, 0.15) is 37.0 Å². The van der Waals surface area contributed by atoms with E-state index < -0.39 is 17.8 Å². The highest BCUT2D eigenvalue weighted by Gasteiger charge is 2.14. The van der Waals surface area contributed by atoms with Gasteiger partial charge in [0, 0.05) is 11.9 Å². The van der Waals surface area contributed by atoms with Crippen molar-refractivity contribution < 1.29 is 19.1 Å². The zero-order valence-electron chi connectivity index (χ0n) is 15.6. The second-order valence-corrected chi connectivity index (χ2v) is 5.94. The summed E-state index contributed by atoms with van der Waals surface area (Å²) in [5.74, 6) is -1.44. The molecule has 0 aliphatic rings. The van der Waals surface area contributed by atoms with Gasteiger partial charge in [-0.2, -0.15) is 0 Å². The summed E-state index contributed by atoms with van der Waals surface area (Å²) in [6.45, 7) is 0.248. The van der Waals surface area contributed by atoms with Crippen LogP contribution in [0.2, 0.25) is 0 Å². The normalized spacial score (nSPS) is 10.1. The number of methoxy groups -OCH3 is 1. The summed E-state index contributed by atoms with van der Waals surface area (Å²) in [7, 11) is 1.28. The molecule has 3 rings (SSSR count). The number of anilines is 1. The van der Waals surface area contributed by atoms with E-state index in [1.807, 2.05) is 6.07 Å².